The summed E-state index contributed by atoms with van der Waals surface area (Å²) in [4.78, 5) is 11.6. The van der Waals surface area contributed by atoms with Crippen LogP contribution in [0.5, 0.6) is 0 Å². The topological polar surface area (TPSA) is 46.2 Å². The molecule has 1 amide bonds. The molecular formula is C18H21NO2S. The highest BCUT2D eigenvalue weighted by Crippen LogP contribution is 2.20. The molecule has 0 aromatic heterocycles. The molecule has 116 valence electrons. The van der Waals surface area contributed by atoms with E-state index in [0.29, 0.717) is 5.75 Å². The molecule has 0 aliphatic carbocycles. The summed E-state index contributed by atoms with van der Waals surface area (Å²) in [5.41, 5.74) is 3.21. The molecule has 2 aromatic rings. The lowest BCUT2D eigenvalue weighted by Gasteiger charge is -2.09. The smallest absolute Gasteiger partial charge is 0.232 e. The van der Waals surface area contributed by atoms with Gasteiger partial charge in [-0.2, -0.15) is 0 Å². The van der Waals surface area contributed by atoms with Crippen molar-refractivity contribution in [2.45, 2.75) is 25.6 Å². The van der Waals surface area contributed by atoms with Gasteiger partial charge in [0.15, 0.2) is 0 Å². The molecule has 0 aliphatic rings. The van der Waals surface area contributed by atoms with Gasteiger partial charge in [-0.25, -0.2) is 0 Å². The SMILES string of the molecule is CC(C)NC(=O)CS(=O)Cc1cccc(-c2ccccc2)c1. The van der Waals surface area contributed by atoms with Gasteiger partial charge in [0.1, 0.15) is 5.75 Å². The summed E-state index contributed by atoms with van der Waals surface area (Å²) < 4.78 is 12.1. The Hall–Kier alpha value is -1.94. The number of hydrogen-bond acceptors (Lipinski definition) is 2. The van der Waals surface area contributed by atoms with E-state index >= 15 is 0 Å². The maximum absolute atomic E-state index is 12.1. The number of hydrogen-bond donors (Lipinski definition) is 1. The van der Waals surface area contributed by atoms with Crippen LogP contribution < -0.4 is 5.32 Å². The average Bonchev–Trinajstić information content (AvgIpc) is 2.47. The highest BCUT2D eigenvalue weighted by atomic mass is 32.2. The minimum atomic E-state index is -1.19. The second-order valence-corrected chi connectivity index (χ2v) is 6.97. The predicted octanol–water partition coefficient (Wildman–Crippen LogP) is 3.13. The van der Waals surface area contributed by atoms with Gasteiger partial charge >= 0.3 is 0 Å². The first-order valence-electron chi connectivity index (χ1n) is 7.33. The van der Waals surface area contributed by atoms with Gasteiger partial charge in [0, 0.05) is 22.6 Å². The Morgan fingerprint density at radius 1 is 1.05 bits per heavy atom. The van der Waals surface area contributed by atoms with Crippen LogP contribution in [0.25, 0.3) is 11.1 Å². The van der Waals surface area contributed by atoms with E-state index in [1.165, 1.54) is 0 Å². The summed E-state index contributed by atoms with van der Waals surface area (Å²) in [6, 6.07) is 18.1. The van der Waals surface area contributed by atoms with Crippen LogP contribution in [0.2, 0.25) is 0 Å². The summed E-state index contributed by atoms with van der Waals surface area (Å²) in [5.74, 6) is 0.285. The van der Waals surface area contributed by atoms with Crippen molar-refractivity contribution < 1.29 is 9.00 Å². The van der Waals surface area contributed by atoms with Crippen molar-refractivity contribution in [1.82, 2.24) is 5.32 Å². The van der Waals surface area contributed by atoms with Crippen LogP contribution >= 0.6 is 0 Å². The molecule has 3 nitrogen and oxygen atoms in total. The van der Waals surface area contributed by atoms with Gasteiger partial charge < -0.3 is 5.32 Å². The van der Waals surface area contributed by atoms with Crippen LogP contribution in [0, 0.1) is 0 Å². The fourth-order valence-electron chi connectivity index (χ4n) is 2.22. The first-order chi connectivity index (χ1) is 10.5. The standard InChI is InChI=1S/C18H21NO2S/c1-14(2)19-18(20)13-22(21)12-15-7-6-10-17(11-15)16-8-4-3-5-9-16/h3-11,14H,12-13H2,1-2H3,(H,19,20). The number of rotatable bonds is 6. The Morgan fingerprint density at radius 3 is 2.41 bits per heavy atom. The van der Waals surface area contributed by atoms with E-state index in [-0.39, 0.29) is 17.7 Å². The Balaban J connectivity index is 2.02. The third kappa shape index (κ3) is 5.11. The summed E-state index contributed by atoms with van der Waals surface area (Å²) in [5, 5.41) is 2.76. The molecule has 1 unspecified atom stereocenters. The minimum absolute atomic E-state index is 0.0493. The maximum Gasteiger partial charge on any atom is 0.232 e. The Labute approximate surface area is 134 Å². The minimum Gasteiger partial charge on any atom is -0.353 e. The molecule has 0 fully saturated rings. The molecule has 0 aliphatic heterocycles. The van der Waals surface area contributed by atoms with Crippen LogP contribution in [0.15, 0.2) is 54.6 Å². The molecule has 0 spiro atoms. The molecule has 0 heterocycles. The number of nitrogens with one attached hydrogen (secondary N) is 1. The van der Waals surface area contributed by atoms with Crippen LogP contribution in [0.1, 0.15) is 19.4 Å². The van der Waals surface area contributed by atoms with Crippen LogP contribution in [0.3, 0.4) is 0 Å². The molecule has 0 saturated heterocycles. The average molecular weight is 315 g/mol. The molecule has 1 atom stereocenters. The van der Waals surface area contributed by atoms with Gasteiger partial charge in [-0.1, -0.05) is 54.6 Å². The fraction of sp³-hybridized carbons (Fsp3) is 0.278. The van der Waals surface area contributed by atoms with Crippen LogP contribution in [0.4, 0.5) is 0 Å². The Morgan fingerprint density at radius 2 is 1.73 bits per heavy atom. The number of amides is 1. The molecule has 22 heavy (non-hydrogen) atoms. The number of benzene rings is 2. The quantitative estimate of drug-likeness (QED) is 0.890. The van der Waals surface area contributed by atoms with E-state index < -0.39 is 10.8 Å². The summed E-state index contributed by atoms with van der Waals surface area (Å²) >= 11 is 0. The van der Waals surface area contributed by atoms with Crippen molar-refractivity contribution in [1.29, 1.82) is 0 Å². The van der Waals surface area contributed by atoms with E-state index in [2.05, 4.69) is 5.32 Å². The lowest BCUT2D eigenvalue weighted by molar-refractivity contribution is -0.119. The van der Waals surface area contributed by atoms with E-state index in [1.807, 2.05) is 68.4 Å². The van der Waals surface area contributed by atoms with E-state index in [9.17, 15) is 9.00 Å². The van der Waals surface area contributed by atoms with Crippen molar-refractivity contribution in [3.63, 3.8) is 0 Å². The molecule has 4 heteroatoms. The largest absolute Gasteiger partial charge is 0.353 e. The van der Waals surface area contributed by atoms with Gasteiger partial charge in [0.05, 0.1) is 0 Å². The van der Waals surface area contributed by atoms with Crippen molar-refractivity contribution in [3.05, 3.63) is 60.2 Å². The number of carbonyl (C=O) groups is 1. The molecule has 2 rings (SSSR count). The summed E-state index contributed by atoms with van der Waals surface area (Å²) in [7, 11) is -1.19. The number of carbonyl (C=O) groups excluding carboxylic acids is 1. The van der Waals surface area contributed by atoms with E-state index in [4.69, 9.17) is 0 Å². The Bertz CT molecular complexity index is 653. The molecule has 0 saturated carbocycles. The van der Waals surface area contributed by atoms with Gasteiger partial charge in [0.2, 0.25) is 5.91 Å². The predicted molar refractivity (Wildman–Crippen MR) is 91.9 cm³/mol. The highest BCUT2D eigenvalue weighted by molar-refractivity contribution is 7.84. The fourth-order valence-corrected chi connectivity index (χ4v) is 3.25. The third-order valence-electron chi connectivity index (χ3n) is 3.10. The highest BCUT2D eigenvalue weighted by Gasteiger charge is 2.10. The molecular weight excluding hydrogens is 294 g/mol. The first-order valence-corrected chi connectivity index (χ1v) is 8.82. The zero-order chi connectivity index (χ0) is 15.9. The summed E-state index contributed by atoms with van der Waals surface area (Å²) in [6.45, 7) is 3.79. The lowest BCUT2D eigenvalue weighted by Crippen LogP contribution is -2.33. The monoisotopic (exact) mass is 315 g/mol. The van der Waals surface area contributed by atoms with Gasteiger partial charge in [0.25, 0.3) is 0 Å². The van der Waals surface area contributed by atoms with Gasteiger partial charge in [-0.3, -0.25) is 9.00 Å². The molecule has 0 bridgehead atoms. The third-order valence-corrected chi connectivity index (χ3v) is 4.34. The maximum atomic E-state index is 12.1. The first kappa shape index (κ1) is 16.4. The van der Waals surface area contributed by atoms with Crippen molar-refractivity contribution in [2.24, 2.45) is 0 Å². The van der Waals surface area contributed by atoms with E-state index in [0.717, 1.165) is 16.7 Å². The second-order valence-electron chi connectivity index (χ2n) is 5.52. The Kier molecular flexibility index (Phi) is 5.90. The molecule has 0 radical (unpaired) electrons. The second kappa shape index (κ2) is 7.90. The summed E-state index contributed by atoms with van der Waals surface area (Å²) in [6.07, 6.45) is 0. The van der Waals surface area contributed by atoms with E-state index in [1.54, 1.807) is 0 Å². The zero-order valence-corrected chi connectivity index (χ0v) is 13.7. The lowest BCUT2D eigenvalue weighted by atomic mass is 10.0. The zero-order valence-electron chi connectivity index (χ0n) is 12.9. The van der Waals surface area contributed by atoms with Gasteiger partial charge in [-0.15, -0.1) is 0 Å². The van der Waals surface area contributed by atoms with Crippen LogP contribution in [-0.2, 0) is 21.3 Å². The van der Waals surface area contributed by atoms with Crippen molar-refractivity contribution in [3.8, 4) is 11.1 Å². The van der Waals surface area contributed by atoms with Crippen LogP contribution in [-0.4, -0.2) is 21.9 Å². The molecule has 1 N–H and O–H groups in total. The molecule has 2 aromatic carbocycles. The normalized spacial score (nSPS) is 12.1. The van der Waals surface area contributed by atoms with Gasteiger partial charge in [-0.05, 0) is 30.5 Å². The van der Waals surface area contributed by atoms with Crippen molar-refractivity contribution in [2.75, 3.05) is 5.75 Å². The van der Waals surface area contributed by atoms with Crippen molar-refractivity contribution >= 4 is 16.7 Å².